The van der Waals surface area contributed by atoms with E-state index in [1.165, 1.54) is 0 Å². The van der Waals surface area contributed by atoms with Crippen molar-refractivity contribution in [3.05, 3.63) is 0 Å². The Balaban J connectivity index is 1.71. The third kappa shape index (κ3) is 2.62. The minimum atomic E-state index is -0.607. The number of ether oxygens (including phenoxy) is 1. The van der Waals surface area contributed by atoms with E-state index in [2.05, 4.69) is 10.2 Å². The zero-order chi connectivity index (χ0) is 9.10. The van der Waals surface area contributed by atoms with Crippen molar-refractivity contribution in [1.29, 1.82) is 0 Å². The Morgan fingerprint density at radius 1 is 1.54 bits per heavy atom. The highest BCUT2D eigenvalue weighted by Crippen LogP contribution is 2.12. The van der Waals surface area contributed by atoms with E-state index in [-0.39, 0.29) is 0 Å². The molecular formula is C9H17FN2O. The first kappa shape index (κ1) is 9.37. The van der Waals surface area contributed by atoms with E-state index in [1.54, 1.807) is 0 Å². The van der Waals surface area contributed by atoms with E-state index in [4.69, 9.17) is 4.74 Å². The molecular weight excluding hydrogens is 171 g/mol. The van der Waals surface area contributed by atoms with E-state index in [0.717, 1.165) is 32.8 Å². The number of hydrogen-bond acceptors (Lipinski definition) is 3. The van der Waals surface area contributed by atoms with Crippen LogP contribution in [-0.2, 0) is 4.74 Å². The third-order valence-corrected chi connectivity index (χ3v) is 2.69. The summed E-state index contributed by atoms with van der Waals surface area (Å²) in [6, 6.07) is 0.402. The van der Waals surface area contributed by atoms with Crippen molar-refractivity contribution < 1.29 is 9.13 Å². The van der Waals surface area contributed by atoms with Crippen molar-refractivity contribution in [2.24, 2.45) is 0 Å². The monoisotopic (exact) mass is 188 g/mol. The van der Waals surface area contributed by atoms with Crippen LogP contribution in [0, 0.1) is 0 Å². The lowest BCUT2D eigenvalue weighted by Gasteiger charge is -2.27. The highest BCUT2D eigenvalue weighted by Gasteiger charge is 2.24. The summed E-state index contributed by atoms with van der Waals surface area (Å²) in [5.41, 5.74) is 0. The molecule has 13 heavy (non-hydrogen) atoms. The summed E-state index contributed by atoms with van der Waals surface area (Å²) in [6.07, 6.45) is 0.0950. The van der Waals surface area contributed by atoms with Crippen molar-refractivity contribution >= 4 is 0 Å². The number of nitrogens with one attached hydrogen (secondary N) is 1. The first-order valence-corrected chi connectivity index (χ1v) is 5.02. The molecule has 76 valence electrons. The van der Waals surface area contributed by atoms with Crippen LogP contribution < -0.4 is 5.32 Å². The van der Waals surface area contributed by atoms with Gasteiger partial charge in [0.25, 0.3) is 0 Å². The quantitative estimate of drug-likeness (QED) is 0.661. The molecule has 2 aliphatic rings. The third-order valence-electron chi connectivity index (χ3n) is 2.69. The highest BCUT2D eigenvalue weighted by atomic mass is 19.1. The number of rotatable bonds is 2. The number of halogens is 1. The van der Waals surface area contributed by atoms with Gasteiger partial charge in [-0.3, -0.25) is 4.90 Å². The molecule has 2 saturated heterocycles. The first-order chi connectivity index (χ1) is 6.34. The molecule has 2 atom stereocenters. The van der Waals surface area contributed by atoms with Crippen molar-refractivity contribution in [2.75, 3.05) is 39.4 Å². The molecule has 0 aliphatic carbocycles. The number of alkyl halides is 1. The molecule has 0 saturated carbocycles. The topological polar surface area (TPSA) is 24.5 Å². The molecule has 2 rings (SSSR count). The van der Waals surface area contributed by atoms with Gasteiger partial charge in [0, 0.05) is 32.2 Å². The maximum Gasteiger partial charge on any atom is 0.114 e. The van der Waals surface area contributed by atoms with E-state index in [9.17, 15) is 4.39 Å². The standard InChI is InChI=1S/C9H17FN2O/c10-8-1-3-12(5-8)6-9-7-13-4-2-11-9/h8-9,11H,1-7H2. The normalized spacial score (nSPS) is 36.7. The van der Waals surface area contributed by atoms with Crippen LogP contribution in [0.25, 0.3) is 0 Å². The first-order valence-electron chi connectivity index (χ1n) is 5.02. The second-order valence-corrected chi connectivity index (χ2v) is 3.87. The van der Waals surface area contributed by atoms with Gasteiger partial charge in [-0.1, -0.05) is 0 Å². The molecule has 3 nitrogen and oxygen atoms in total. The zero-order valence-corrected chi connectivity index (χ0v) is 7.84. The predicted molar refractivity (Wildman–Crippen MR) is 48.6 cm³/mol. The lowest BCUT2D eigenvalue weighted by Crippen LogP contribution is -2.48. The van der Waals surface area contributed by atoms with E-state index in [0.29, 0.717) is 19.0 Å². The second kappa shape index (κ2) is 4.35. The van der Waals surface area contributed by atoms with Gasteiger partial charge in [-0.2, -0.15) is 0 Å². The van der Waals surface area contributed by atoms with Gasteiger partial charge in [0.05, 0.1) is 13.2 Å². The van der Waals surface area contributed by atoms with Crippen LogP contribution in [0.15, 0.2) is 0 Å². The molecule has 0 aromatic heterocycles. The maximum atomic E-state index is 12.8. The number of nitrogens with zero attached hydrogens (tertiary/aromatic N) is 1. The van der Waals surface area contributed by atoms with Crippen LogP contribution in [0.2, 0.25) is 0 Å². The Morgan fingerprint density at radius 3 is 3.08 bits per heavy atom. The largest absolute Gasteiger partial charge is 0.378 e. The molecule has 0 spiro atoms. The maximum absolute atomic E-state index is 12.8. The lowest BCUT2D eigenvalue weighted by molar-refractivity contribution is 0.0643. The van der Waals surface area contributed by atoms with Crippen LogP contribution >= 0.6 is 0 Å². The fraction of sp³-hybridized carbons (Fsp3) is 1.00. The SMILES string of the molecule is FC1CCN(CC2COCCN2)C1. The van der Waals surface area contributed by atoms with Gasteiger partial charge in [-0.05, 0) is 6.42 Å². The fourth-order valence-electron chi connectivity index (χ4n) is 2.00. The van der Waals surface area contributed by atoms with Crippen LogP contribution in [0.1, 0.15) is 6.42 Å². The molecule has 0 bridgehead atoms. The summed E-state index contributed by atoms with van der Waals surface area (Å²) in [6.45, 7) is 4.95. The van der Waals surface area contributed by atoms with Crippen molar-refractivity contribution in [3.8, 4) is 0 Å². The molecule has 2 unspecified atom stereocenters. The van der Waals surface area contributed by atoms with Crippen molar-refractivity contribution in [1.82, 2.24) is 10.2 Å². The zero-order valence-electron chi connectivity index (χ0n) is 7.84. The molecule has 2 aliphatic heterocycles. The number of hydrogen-bond donors (Lipinski definition) is 1. The lowest BCUT2D eigenvalue weighted by atomic mass is 10.2. The van der Waals surface area contributed by atoms with Gasteiger partial charge in [0.1, 0.15) is 6.17 Å². The Hall–Kier alpha value is -0.190. The van der Waals surface area contributed by atoms with Crippen molar-refractivity contribution in [3.63, 3.8) is 0 Å². The smallest absolute Gasteiger partial charge is 0.114 e. The van der Waals surface area contributed by atoms with Gasteiger partial charge in [-0.15, -0.1) is 0 Å². The molecule has 2 fully saturated rings. The summed E-state index contributed by atoms with van der Waals surface area (Å²) < 4.78 is 18.2. The molecule has 2 heterocycles. The molecule has 4 heteroatoms. The molecule has 0 amide bonds. The number of likely N-dealkylation sites (tertiary alicyclic amines) is 1. The average molecular weight is 188 g/mol. The summed E-state index contributed by atoms with van der Waals surface area (Å²) in [5.74, 6) is 0. The van der Waals surface area contributed by atoms with Gasteiger partial charge in [0.15, 0.2) is 0 Å². The van der Waals surface area contributed by atoms with Crippen LogP contribution in [0.4, 0.5) is 4.39 Å². The van der Waals surface area contributed by atoms with Gasteiger partial charge in [0.2, 0.25) is 0 Å². The Labute approximate surface area is 78.2 Å². The van der Waals surface area contributed by atoms with Gasteiger partial charge >= 0.3 is 0 Å². The van der Waals surface area contributed by atoms with Crippen LogP contribution in [0.3, 0.4) is 0 Å². The molecule has 0 radical (unpaired) electrons. The summed E-state index contributed by atoms with van der Waals surface area (Å²) in [7, 11) is 0. The molecule has 0 aromatic carbocycles. The summed E-state index contributed by atoms with van der Waals surface area (Å²) in [5, 5.41) is 3.37. The average Bonchev–Trinajstić information content (AvgIpc) is 2.53. The van der Waals surface area contributed by atoms with Crippen LogP contribution in [-0.4, -0.2) is 56.5 Å². The Kier molecular flexibility index (Phi) is 3.14. The molecule has 0 aromatic rings. The predicted octanol–water partition coefficient (Wildman–Crippen LogP) is 0.0186. The Bertz CT molecular complexity index is 159. The number of morpholine rings is 1. The van der Waals surface area contributed by atoms with Gasteiger partial charge < -0.3 is 10.1 Å². The summed E-state index contributed by atoms with van der Waals surface area (Å²) >= 11 is 0. The minimum absolute atomic E-state index is 0.402. The van der Waals surface area contributed by atoms with Gasteiger partial charge in [-0.25, -0.2) is 4.39 Å². The minimum Gasteiger partial charge on any atom is -0.378 e. The summed E-state index contributed by atoms with van der Waals surface area (Å²) in [4.78, 5) is 2.18. The highest BCUT2D eigenvalue weighted by molar-refractivity contribution is 4.80. The second-order valence-electron chi connectivity index (χ2n) is 3.87. The molecule has 1 N–H and O–H groups in total. The Morgan fingerprint density at radius 2 is 2.46 bits per heavy atom. The fourth-order valence-corrected chi connectivity index (χ4v) is 2.00. The van der Waals surface area contributed by atoms with Crippen LogP contribution in [0.5, 0.6) is 0 Å². The van der Waals surface area contributed by atoms with Crippen molar-refractivity contribution in [2.45, 2.75) is 18.6 Å². The van der Waals surface area contributed by atoms with E-state index in [1.807, 2.05) is 0 Å². The van der Waals surface area contributed by atoms with E-state index < -0.39 is 6.17 Å². The van der Waals surface area contributed by atoms with E-state index >= 15 is 0 Å².